The lowest BCUT2D eigenvalue weighted by Crippen LogP contribution is -2.03. The topological polar surface area (TPSA) is 17.1 Å². The van der Waals surface area contributed by atoms with Gasteiger partial charge >= 0.3 is 6.18 Å². The molecule has 1 rings (SSSR count). The Morgan fingerprint density at radius 2 is 1.76 bits per heavy atom. The highest BCUT2D eigenvalue weighted by atomic mass is 19.4. The second-order valence-electron chi connectivity index (χ2n) is 3.50. The van der Waals surface area contributed by atoms with Gasteiger partial charge < -0.3 is 0 Å². The summed E-state index contributed by atoms with van der Waals surface area (Å²) >= 11 is 0. The van der Waals surface area contributed by atoms with E-state index in [1.54, 1.807) is 19.1 Å². The van der Waals surface area contributed by atoms with Gasteiger partial charge in [-0.2, -0.15) is 13.2 Å². The van der Waals surface area contributed by atoms with Crippen molar-refractivity contribution in [3.05, 3.63) is 53.1 Å². The average Bonchev–Trinajstić information content (AvgIpc) is 2.26. The van der Waals surface area contributed by atoms with Crippen LogP contribution in [0.4, 0.5) is 13.2 Å². The zero-order valence-electron chi connectivity index (χ0n) is 9.16. The number of aldehydes is 1. The van der Waals surface area contributed by atoms with Crippen molar-refractivity contribution in [3.63, 3.8) is 0 Å². The molecule has 0 radical (unpaired) electrons. The Hall–Kier alpha value is -1.84. The minimum Gasteiger partial charge on any atom is -0.299 e. The Morgan fingerprint density at radius 3 is 2.24 bits per heavy atom. The van der Waals surface area contributed by atoms with Crippen LogP contribution in [0.1, 0.15) is 18.1 Å². The molecule has 0 aliphatic heterocycles. The third-order valence-electron chi connectivity index (χ3n) is 2.11. The number of rotatable bonds is 3. The first-order valence-electron chi connectivity index (χ1n) is 4.91. The maximum Gasteiger partial charge on any atom is 0.416 e. The molecule has 0 aliphatic carbocycles. The van der Waals surface area contributed by atoms with Crippen molar-refractivity contribution < 1.29 is 18.0 Å². The summed E-state index contributed by atoms with van der Waals surface area (Å²) in [5.74, 6) is 0. The van der Waals surface area contributed by atoms with Gasteiger partial charge in [0, 0.05) is 0 Å². The third kappa shape index (κ3) is 4.26. The molecule has 0 aliphatic rings. The van der Waals surface area contributed by atoms with E-state index in [0.29, 0.717) is 11.8 Å². The van der Waals surface area contributed by atoms with Crippen LogP contribution in [0, 0.1) is 0 Å². The molecular weight excluding hydrogens is 229 g/mol. The van der Waals surface area contributed by atoms with E-state index in [4.69, 9.17) is 0 Å². The molecule has 0 spiro atoms. The third-order valence-corrected chi connectivity index (χ3v) is 2.11. The minimum atomic E-state index is -4.31. The summed E-state index contributed by atoms with van der Waals surface area (Å²) in [6.07, 6.45) is 1.04. The van der Waals surface area contributed by atoms with Crippen molar-refractivity contribution in [1.82, 2.24) is 0 Å². The number of carbonyl (C=O) groups is 1. The van der Waals surface area contributed by atoms with Gasteiger partial charge in [-0.15, -0.1) is 0 Å². The molecule has 17 heavy (non-hydrogen) atoms. The number of benzene rings is 1. The van der Waals surface area contributed by atoms with Crippen LogP contribution < -0.4 is 0 Å². The molecule has 1 aromatic rings. The summed E-state index contributed by atoms with van der Waals surface area (Å²) in [6, 6.07) is 4.82. The predicted molar refractivity (Wildman–Crippen MR) is 60.3 cm³/mol. The highest BCUT2D eigenvalue weighted by molar-refractivity contribution is 5.68. The molecule has 0 saturated carbocycles. The Morgan fingerprint density at radius 1 is 1.18 bits per heavy atom. The van der Waals surface area contributed by atoms with Gasteiger partial charge in [0.1, 0.15) is 6.29 Å². The molecule has 0 N–H and O–H groups in total. The van der Waals surface area contributed by atoms with E-state index in [9.17, 15) is 18.0 Å². The van der Waals surface area contributed by atoms with Gasteiger partial charge in [-0.25, -0.2) is 0 Å². The van der Waals surface area contributed by atoms with Crippen LogP contribution in [0.15, 0.2) is 42.0 Å². The van der Waals surface area contributed by atoms with Crippen molar-refractivity contribution in [2.45, 2.75) is 13.1 Å². The van der Waals surface area contributed by atoms with E-state index in [1.807, 2.05) is 0 Å². The van der Waals surface area contributed by atoms with Gasteiger partial charge in [-0.1, -0.05) is 24.3 Å². The number of halogens is 3. The van der Waals surface area contributed by atoms with Crippen LogP contribution in [0.5, 0.6) is 0 Å². The van der Waals surface area contributed by atoms with Crippen LogP contribution in [-0.2, 0) is 11.0 Å². The lowest BCUT2D eigenvalue weighted by Gasteiger charge is -2.05. The maximum absolute atomic E-state index is 12.3. The second kappa shape index (κ2) is 5.48. The SMILES string of the molecule is CC(=C/C=O)/C=C/c1ccc(C(F)(F)F)cc1. The van der Waals surface area contributed by atoms with E-state index in [2.05, 4.69) is 0 Å². The number of hydrogen-bond donors (Lipinski definition) is 0. The molecule has 1 aromatic carbocycles. The van der Waals surface area contributed by atoms with Crippen LogP contribution in [0.25, 0.3) is 6.08 Å². The summed E-state index contributed by atoms with van der Waals surface area (Å²) in [5, 5.41) is 0. The predicted octanol–water partition coefficient (Wildman–Crippen LogP) is 3.86. The maximum atomic E-state index is 12.3. The highest BCUT2D eigenvalue weighted by Gasteiger charge is 2.29. The molecule has 0 aromatic heterocycles. The first kappa shape index (κ1) is 13.2. The van der Waals surface area contributed by atoms with Crippen LogP contribution in [0.3, 0.4) is 0 Å². The van der Waals surface area contributed by atoms with E-state index in [1.165, 1.54) is 18.2 Å². The molecule has 0 atom stereocenters. The van der Waals surface area contributed by atoms with Crippen molar-refractivity contribution in [2.75, 3.05) is 0 Å². The van der Waals surface area contributed by atoms with Gasteiger partial charge in [0.05, 0.1) is 5.56 Å². The fourth-order valence-electron chi connectivity index (χ4n) is 1.17. The number of hydrogen-bond acceptors (Lipinski definition) is 1. The molecule has 0 heterocycles. The zero-order chi connectivity index (χ0) is 12.9. The summed E-state index contributed by atoms with van der Waals surface area (Å²) in [5.41, 5.74) is 0.714. The quantitative estimate of drug-likeness (QED) is 0.445. The van der Waals surface area contributed by atoms with Crippen LogP contribution in [-0.4, -0.2) is 6.29 Å². The Kier molecular flexibility index (Phi) is 4.26. The Labute approximate surface area is 97.3 Å². The molecule has 0 amide bonds. The second-order valence-corrected chi connectivity index (χ2v) is 3.50. The number of alkyl halides is 3. The van der Waals surface area contributed by atoms with Crippen molar-refractivity contribution in [3.8, 4) is 0 Å². The molecule has 90 valence electrons. The molecule has 0 fully saturated rings. The van der Waals surface area contributed by atoms with E-state index in [0.717, 1.165) is 17.7 Å². The molecule has 0 bridgehead atoms. The molecule has 4 heteroatoms. The normalized spacial score (nSPS) is 13.1. The lowest BCUT2D eigenvalue weighted by atomic mass is 10.1. The monoisotopic (exact) mass is 240 g/mol. The van der Waals surface area contributed by atoms with E-state index < -0.39 is 11.7 Å². The number of allylic oxidation sites excluding steroid dienone is 3. The average molecular weight is 240 g/mol. The fraction of sp³-hybridized carbons (Fsp3) is 0.154. The lowest BCUT2D eigenvalue weighted by molar-refractivity contribution is -0.137. The van der Waals surface area contributed by atoms with Gasteiger partial charge in [0.2, 0.25) is 0 Å². The van der Waals surface area contributed by atoms with Gasteiger partial charge in [-0.3, -0.25) is 4.79 Å². The van der Waals surface area contributed by atoms with Crippen LogP contribution in [0.2, 0.25) is 0 Å². The zero-order valence-corrected chi connectivity index (χ0v) is 9.16. The summed E-state index contributed by atoms with van der Waals surface area (Å²) in [7, 11) is 0. The van der Waals surface area contributed by atoms with Gasteiger partial charge in [0.15, 0.2) is 0 Å². The summed E-state index contributed by atoms with van der Waals surface area (Å²) in [4.78, 5) is 10.1. The van der Waals surface area contributed by atoms with E-state index >= 15 is 0 Å². The summed E-state index contributed by atoms with van der Waals surface area (Å²) in [6.45, 7) is 1.73. The largest absolute Gasteiger partial charge is 0.416 e. The van der Waals surface area contributed by atoms with Crippen molar-refractivity contribution in [1.29, 1.82) is 0 Å². The van der Waals surface area contributed by atoms with Gasteiger partial charge in [-0.05, 0) is 36.3 Å². The number of carbonyl (C=O) groups excluding carboxylic acids is 1. The fourth-order valence-corrected chi connectivity index (χ4v) is 1.17. The Bertz CT molecular complexity index is 439. The molecule has 1 nitrogen and oxygen atoms in total. The Balaban J connectivity index is 2.82. The van der Waals surface area contributed by atoms with Crippen molar-refractivity contribution in [2.24, 2.45) is 0 Å². The van der Waals surface area contributed by atoms with Gasteiger partial charge in [0.25, 0.3) is 0 Å². The minimum absolute atomic E-state index is 0.650. The van der Waals surface area contributed by atoms with E-state index in [-0.39, 0.29) is 0 Å². The molecular formula is C13H11F3O. The standard InChI is InChI=1S/C13H11F3O/c1-10(8-9-17)2-3-11-4-6-12(7-5-11)13(14,15)16/h2-9H,1H3/b3-2+,10-8-. The summed E-state index contributed by atoms with van der Waals surface area (Å²) < 4.78 is 36.8. The first-order chi connectivity index (χ1) is 7.93. The van der Waals surface area contributed by atoms with Crippen molar-refractivity contribution >= 4 is 12.4 Å². The van der Waals surface area contributed by atoms with Crippen LogP contribution >= 0.6 is 0 Å². The molecule has 0 unspecified atom stereocenters. The molecule has 0 saturated heterocycles. The first-order valence-corrected chi connectivity index (χ1v) is 4.91. The smallest absolute Gasteiger partial charge is 0.299 e. The highest BCUT2D eigenvalue weighted by Crippen LogP contribution is 2.29.